The Bertz CT molecular complexity index is 1590. The number of nitrogens with one attached hydrogen (secondary N) is 1. The van der Waals surface area contributed by atoms with Crippen LogP contribution in [-0.2, 0) is 22.0 Å². The standard InChI is InChI=1S/C32H32FNO5S/c1-3-39-30-17-16-26(25-12-7-13-27(33)20-25)21-31(30)40(36,37)22-24-10-6-9-23(19-24)11-8-18-34-32(35)28-14-4-5-15-29(28)38-2/h4-7,9-10,12-17,19-21H,3,8,11,18,22H2,1-2H3,(H,34,35). The van der Waals surface area contributed by atoms with Crippen molar-refractivity contribution in [1.29, 1.82) is 0 Å². The molecule has 8 heteroatoms. The lowest BCUT2D eigenvalue weighted by Crippen LogP contribution is -2.25. The van der Waals surface area contributed by atoms with Gasteiger partial charge >= 0.3 is 0 Å². The minimum Gasteiger partial charge on any atom is -0.496 e. The molecule has 1 N–H and O–H groups in total. The Kier molecular flexibility index (Phi) is 9.56. The summed E-state index contributed by atoms with van der Waals surface area (Å²) in [4.78, 5) is 12.6. The fraction of sp³-hybridized carbons (Fsp3) is 0.219. The summed E-state index contributed by atoms with van der Waals surface area (Å²) in [5.74, 6) is -0.0276. The van der Waals surface area contributed by atoms with Gasteiger partial charge < -0.3 is 14.8 Å². The SMILES string of the molecule is CCOc1ccc(-c2cccc(F)c2)cc1S(=O)(=O)Cc1cccc(CCCNC(=O)c2ccccc2OC)c1. The minimum atomic E-state index is -3.78. The molecule has 0 bridgehead atoms. The zero-order valence-corrected chi connectivity index (χ0v) is 23.3. The monoisotopic (exact) mass is 561 g/mol. The predicted octanol–water partition coefficient (Wildman–Crippen LogP) is 6.24. The van der Waals surface area contributed by atoms with Gasteiger partial charge in [0.15, 0.2) is 9.84 Å². The van der Waals surface area contributed by atoms with E-state index >= 15 is 0 Å². The molecule has 0 aliphatic carbocycles. The van der Waals surface area contributed by atoms with Gasteiger partial charge in [-0.25, -0.2) is 12.8 Å². The lowest BCUT2D eigenvalue weighted by Gasteiger charge is -2.14. The predicted molar refractivity (Wildman–Crippen MR) is 154 cm³/mol. The fourth-order valence-electron chi connectivity index (χ4n) is 4.47. The molecule has 0 aliphatic rings. The molecule has 4 aromatic rings. The van der Waals surface area contributed by atoms with Gasteiger partial charge in [-0.3, -0.25) is 4.79 Å². The van der Waals surface area contributed by atoms with E-state index < -0.39 is 15.7 Å². The van der Waals surface area contributed by atoms with Crippen LogP contribution in [0.15, 0.2) is 95.9 Å². The van der Waals surface area contributed by atoms with Crippen molar-refractivity contribution in [3.63, 3.8) is 0 Å². The number of hydrogen-bond acceptors (Lipinski definition) is 5. The van der Waals surface area contributed by atoms with E-state index in [1.54, 1.807) is 61.5 Å². The van der Waals surface area contributed by atoms with Crippen molar-refractivity contribution >= 4 is 15.7 Å². The number of sulfone groups is 1. The van der Waals surface area contributed by atoms with Crippen LogP contribution in [0.1, 0.15) is 34.8 Å². The average Bonchev–Trinajstić information content (AvgIpc) is 2.95. The van der Waals surface area contributed by atoms with Gasteiger partial charge in [0.25, 0.3) is 5.91 Å². The van der Waals surface area contributed by atoms with Gasteiger partial charge in [0, 0.05) is 6.54 Å². The zero-order valence-electron chi connectivity index (χ0n) is 22.5. The Morgan fingerprint density at radius 3 is 2.38 bits per heavy atom. The second kappa shape index (κ2) is 13.3. The first-order valence-corrected chi connectivity index (χ1v) is 14.7. The van der Waals surface area contributed by atoms with Crippen LogP contribution in [0.4, 0.5) is 4.39 Å². The van der Waals surface area contributed by atoms with E-state index in [1.165, 1.54) is 19.2 Å². The van der Waals surface area contributed by atoms with E-state index in [1.807, 2.05) is 24.3 Å². The van der Waals surface area contributed by atoms with Crippen molar-refractivity contribution in [2.75, 3.05) is 20.3 Å². The molecule has 0 atom stereocenters. The third kappa shape index (κ3) is 7.27. The van der Waals surface area contributed by atoms with Crippen molar-refractivity contribution in [2.45, 2.75) is 30.4 Å². The van der Waals surface area contributed by atoms with E-state index in [2.05, 4.69) is 5.32 Å². The molecule has 0 spiro atoms. The topological polar surface area (TPSA) is 81.7 Å². The number of hydrogen-bond donors (Lipinski definition) is 1. The van der Waals surface area contributed by atoms with E-state index in [-0.39, 0.29) is 22.3 Å². The smallest absolute Gasteiger partial charge is 0.255 e. The molecule has 4 aromatic carbocycles. The van der Waals surface area contributed by atoms with Crippen LogP contribution in [0.2, 0.25) is 0 Å². The van der Waals surface area contributed by atoms with Crippen LogP contribution in [0, 0.1) is 5.82 Å². The first-order chi connectivity index (χ1) is 19.3. The van der Waals surface area contributed by atoms with Crippen LogP contribution >= 0.6 is 0 Å². The van der Waals surface area contributed by atoms with Gasteiger partial charge in [0.05, 0.1) is 25.0 Å². The second-order valence-electron chi connectivity index (χ2n) is 9.24. The molecule has 0 fully saturated rings. The summed E-state index contributed by atoms with van der Waals surface area (Å²) in [5, 5.41) is 2.91. The van der Waals surface area contributed by atoms with Crippen molar-refractivity contribution in [1.82, 2.24) is 5.32 Å². The van der Waals surface area contributed by atoms with Gasteiger partial charge in [-0.05, 0) is 78.4 Å². The Morgan fingerprint density at radius 1 is 0.850 bits per heavy atom. The molecule has 6 nitrogen and oxygen atoms in total. The number of aryl methyl sites for hydroxylation is 1. The number of amides is 1. The van der Waals surface area contributed by atoms with Crippen molar-refractivity contribution < 1.29 is 27.1 Å². The Balaban J connectivity index is 1.44. The first-order valence-electron chi connectivity index (χ1n) is 13.1. The molecule has 0 radical (unpaired) electrons. The molecule has 208 valence electrons. The third-order valence-corrected chi connectivity index (χ3v) is 8.07. The lowest BCUT2D eigenvalue weighted by molar-refractivity contribution is 0.0950. The molecule has 0 aromatic heterocycles. The average molecular weight is 562 g/mol. The highest BCUT2D eigenvalue weighted by Crippen LogP contribution is 2.32. The van der Waals surface area contributed by atoms with Crippen LogP contribution in [-0.4, -0.2) is 34.6 Å². The molecule has 4 rings (SSSR count). The molecule has 0 unspecified atom stereocenters. The third-order valence-electron chi connectivity index (χ3n) is 6.36. The van der Waals surface area contributed by atoms with Crippen LogP contribution in [0.25, 0.3) is 11.1 Å². The van der Waals surface area contributed by atoms with Crippen molar-refractivity contribution in [3.8, 4) is 22.6 Å². The number of benzene rings is 4. The number of methoxy groups -OCH3 is 1. The first kappa shape index (κ1) is 28.8. The van der Waals surface area contributed by atoms with Gasteiger partial charge in [-0.2, -0.15) is 0 Å². The highest BCUT2D eigenvalue weighted by Gasteiger charge is 2.22. The van der Waals surface area contributed by atoms with Crippen LogP contribution in [0.5, 0.6) is 11.5 Å². The fourth-order valence-corrected chi connectivity index (χ4v) is 5.98. The largest absolute Gasteiger partial charge is 0.496 e. The van der Waals surface area contributed by atoms with Crippen molar-refractivity contribution in [2.24, 2.45) is 0 Å². The maximum atomic E-state index is 13.8. The summed E-state index contributed by atoms with van der Waals surface area (Å²) in [6, 6.07) is 25.4. The van der Waals surface area contributed by atoms with E-state index in [0.717, 1.165) is 5.56 Å². The van der Waals surface area contributed by atoms with Crippen LogP contribution < -0.4 is 14.8 Å². The van der Waals surface area contributed by atoms with E-state index in [9.17, 15) is 17.6 Å². The highest BCUT2D eigenvalue weighted by molar-refractivity contribution is 7.90. The van der Waals surface area contributed by atoms with Crippen LogP contribution in [0.3, 0.4) is 0 Å². The number of carbonyl (C=O) groups excluding carboxylic acids is 1. The number of para-hydroxylation sites is 1. The summed E-state index contributed by atoms with van der Waals surface area (Å²) >= 11 is 0. The maximum absolute atomic E-state index is 13.8. The molecular weight excluding hydrogens is 529 g/mol. The summed E-state index contributed by atoms with van der Waals surface area (Å²) in [5.41, 5.74) is 3.27. The lowest BCUT2D eigenvalue weighted by atomic mass is 10.1. The number of ether oxygens (including phenoxy) is 2. The minimum absolute atomic E-state index is 0.0700. The molecule has 0 heterocycles. The molecule has 40 heavy (non-hydrogen) atoms. The molecule has 0 aliphatic heterocycles. The highest BCUT2D eigenvalue weighted by atomic mass is 32.2. The normalized spacial score (nSPS) is 11.2. The van der Waals surface area contributed by atoms with Gasteiger partial charge in [0.2, 0.25) is 0 Å². The molecule has 0 saturated carbocycles. The molecular formula is C32H32FNO5S. The number of carbonyl (C=O) groups is 1. The zero-order chi connectivity index (χ0) is 28.5. The Morgan fingerprint density at radius 2 is 1.60 bits per heavy atom. The van der Waals surface area contributed by atoms with E-state index in [4.69, 9.17) is 9.47 Å². The van der Waals surface area contributed by atoms with Gasteiger partial charge in [0.1, 0.15) is 22.2 Å². The summed E-state index contributed by atoms with van der Waals surface area (Å²) in [6.07, 6.45) is 1.35. The summed E-state index contributed by atoms with van der Waals surface area (Å²) < 4.78 is 51.8. The number of halogens is 1. The number of rotatable bonds is 12. The second-order valence-corrected chi connectivity index (χ2v) is 11.2. The summed E-state index contributed by atoms with van der Waals surface area (Å²) in [7, 11) is -2.26. The quantitative estimate of drug-likeness (QED) is 0.207. The van der Waals surface area contributed by atoms with Gasteiger partial charge in [-0.15, -0.1) is 0 Å². The van der Waals surface area contributed by atoms with Gasteiger partial charge in [-0.1, -0.05) is 54.6 Å². The Labute approximate surface area is 234 Å². The molecule has 1 amide bonds. The molecule has 0 saturated heterocycles. The Hall–Kier alpha value is -4.17. The van der Waals surface area contributed by atoms with E-state index in [0.29, 0.717) is 54.0 Å². The summed E-state index contributed by atoms with van der Waals surface area (Å²) in [6.45, 7) is 2.56. The van der Waals surface area contributed by atoms with Crippen molar-refractivity contribution in [3.05, 3.63) is 114 Å². The maximum Gasteiger partial charge on any atom is 0.255 e.